The Hall–Kier alpha value is -1.69. The van der Waals surface area contributed by atoms with Crippen molar-refractivity contribution < 1.29 is 4.79 Å². The number of rotatable bonds is 4. The lowest BCUT2D eigenvalue weighted by Gasteiger charge is -2.23. The standard InChI is InChI=1S/C14H20N4OS/c1-5-17(6-2)13(19)10(4)18-12-11(16-14(18)20)9(3)7-8-15-12/h7-8,10H,5-6H2,1-4H3,(H,16,20). The van der Waals surface area contributed by atoms with Crippen molar-refractivity contribution >= 4 is 29.3 Å². The van der Waals surface area contributed by atoms with Gasteiger partial charge in [-0.1, -0.05) is 0 Å². The number of amides is 1. The zero-order valence-electron chi connectivity index (χ0n) is 12.3. The highest BCUT2D eigenvalue weighted by molar-refractivity contribution is 7.71. The Kier molecular flexibility index (Phi) is 4.23. The van der Waals surface area contributed by atoms with Crippen LogP contribution in [0.2, 0.25) is 0 Å². The normalized spacial score (nSPS) is 12.6. The van der Waals surface area contributed by atoms with E-state index in [-0.39, 0.29) is 11.9 Å². The Bertz CT molecular complexity index is 684. The number of nitrogens with one attached hydrogen (secondary N) is 1. The predicted octanol–water partition coefficient (Wildman–Crippen LogP) is 2.83. The maximum absolute atomic E-state index is 12.5. The molecule has 0 spiro atoms. The van der Waals surface area contributed by atoms with Crippen LogP contribution in [0.4, 0.5) is 0 Å². The molecule has 1 atom stereocenters. The van der Waals surface area contributed by atoms with Crippen LogP contribution in [0.5, 0.6) is 0 Å². The van der Waals surface area contributed by atoms with Crippen LogP contribution < -0.4 is 0 Å². The monoisotopic (exact) mass is 292 g/mol. The molecule has 2 aromatic rings. The average Bonchev–Trinajstić information content (AvgIpc) is 2.77. The first-order valence-corrected chi connectivity index (χ1v) is 7.26. The number of aryl methyl sites for hydroxylation is 1. The molecule has 0 fully saturated rings. The molecular weight excluding hydrogens is 272 g/mol. The molecule has 2 rings (SSSR count). The number of carbonyl (C=O) groups excluding carboxylic acids is 1. The van der Waals surface area contributed by atoms with Gasteiger partial charge < -0.3 is 9.88 Å². The number of pyridine rings is 1. The zero-order chi connectivity index (χ0) is 14.9. The van der Waals surface area contributed by atoms with Gasteiger partial charge in [0.1, 0.15) is 6.04 Å². The molecule has 2 aromatic heterocycles. The van der Waals surface area contributed by atoms with Gasteiger partial charge in [0, 0.05) is 19.3 Å². The lowest BCUT2D eigenvalue weighted by molar-refractivity contribution is -0.133. The van der Waals surface area contributed by atoms with Gasteiger partial charge in [-0.25, -0.2) is 4.98 Å². The number of aromatic amines is 1. The fraction of sp³-hybridized carbons (Fsp3) is 0.500. The first-order valence-electron chi connectivity index (χ1n) is 6.85. The molecule has 20 heavy (non-hydrogen) atoms. The summed E-state index contributed by atoms with van der Waals surface area (Å²) in [5.41, 5.74) is 2.71. The smallest absolute Gasteiger partial charge is 0.245 e. The van der Waals surface area contributed by atoms with Crippen molar-refractivity contribution in [3.63, 3.8) is 0 Å². The van der Waals surface area contributed by atoms with Crippen LogP contribution in [0.15, 0.2) is 12.3 Å². The largest absolute Gasteiger partial charge is 0.341 e. The van der Waals surface area contributed by atoms with E-state index in [9.17, 15) is 4.79 Å². The molecule has 0 aromatic carbocycles. The summed E-state index contributed by atoms with van der Waals surface area (Å²) in [4.78, 5) is 21.8. The van der Waals surface area contributed by atoms with Crippen molar-refractivity contribution in [2.75, 3.05) is 13.1 Å². The third kappa shape index (κ3) is 2.35. The van der Waals surface area contributed by atoms with Crippen LogP contribution >= 0.6 is 12.2 Å². The quantitative estimate of drug-likeness (QED) is 0.882. The fourth-order valence-electron chi connectivity index (χ4n) is 2.41. The minimum atomic E-state index is -0.356. The van der Waals surface area contributed by atoms with E-state index in [2.05, 4.69) is 9.97 Å². The molecule has 0 aliphatic rings. The zero-order valence-corrected chi connectivity index (χ0v) is 13.1. The molecule has 108 valence electrons. The van der Waals surface area contributed by atoms with Crippen molar-refractivity contribution in [2.24, 2.45) is 0 Å². The molecule has 2 heterocycles. The molecule has 5 nitrogen and oxygen atoms in total. The molecule has 0 radical (unpaired) electrons. The minimum Gasteiger partial charge on any atom is -0.341 e. The van der Waals surface area contributed by atoms with E-state index in [4.69, 9.17) is 12.2 Å². The van der Waals surface area contributed by atoms with Gasteiger partial charge in [0.15, 0.2) is 10.4 Å². The first-order chi connectivity index (χ1) is 9.51. The Morgan fingerprint density at radius 1 is 1.50 bits per heavy atom. The summed E-state index contributed by atoms with van der Waals surface area (Å²) >= 11 is 5.36. The highest BCUT2D eigenvalue weighted by Gasteiger charge is 2.23. The van der Waals surface area contributed by atoms with Crippen molar-refractivity contribution in [3.8, 4) is 0 Å². The number of hydrogen-bond acceptors (Lipinski definition) is 3. The summed E-state index contributed by atoms with van der Waals surface area (Å²) < 4.78 is 2.34. The van der Waals surface area contributed by atoms with E-state index in [1.165, 1.54) is 0 Å². The van der Waals surface area contributed by atoms with Crippen LogP contribution in [-0.4, -0.2) is 38.4 Å². The molecule has 0 bridgehead atoms. The van der Waals surface area contributed by atoms with Gasteiger partial charge >= 0.3 is 0 Å². The summed E-state index contributed by atoms with van der Waals surface area (Å²) in [5.74, 6) is 0.0651. The molecule has 0 saturated heterocycles. The molecule has 1 amide bonds. The molecule has 0 saturated carbocycles. The number of likely N-dealkylation sites (N-methyl/N-ethyl adjacent to an activating group) is 1. The number of aromatic nitrogens is 3. The van der Waals surface area contributed by atoms with E-state index >= 15 is 0 Å². The highest BCUT2D eigenvalue weighted by atomic mass is 32.1. The lowest BCUT2D eigenvalue weighted by atomic mass is 10.2. The molecule has 6 heteroatoms. The van der Waals surface area contributed by atoms with Crippen molar-refractivity contribution in [1.82, 2.24) is 19.4 Å². The summed E-state index contributed by atoms with van der Waals surface area (Å²) in [6, 6.07) is 1.57. The molecule has 1 N–H and O–H groups in total. The third-order valence-electron chi connectivity index (χ3n) is 3.64. The third-order valence-corrected chi connectivity index (χ3v) is 3.94. The Morgan fingerprint density at radius 2 is 2.15 bits per heavy atom. The van der Waals surface area contributed by atoms with Gasteiger partial charge in [-0.3, -0.25) is 9.36 Å². The Labute approximate surface area is 123 Å². The minimum absolute atomic E-state index is 0.0651. The second kappa shape index (κ2) is 5.75. The van der Waals surface area contributed by atoms with Crippen LogP contribution in [0, 0.1) is 11.7 Å². The Morgan fingerprint density at radius 3 is 2.75 bits per heavy atom. The second-order valence-electron chi connectivity index (χ2n) is 4.81. The van der Waals surface area contributed by atoms with E-state index in [0.717, 1.165) is 16.7 Å². The maximum atomic E-state index is 12.5. The summed E-state index contributed by atoms with van der Waals surface area (Å²) in [6.45, 7) is 9.21. The summed E-state index contributed by atoms with van der Waals surface area (Å²) in [6.07, 6.45) is 1.74. The SMILES string of the molecule is CCN(CC)C(=O)C(C)n1c(=S)[nH]c2c(C)ccnc21. The van der Waals surface area contributed by atoms with Crippen LogP contribution in [0.3, 0.4) is 0 Å². The molecule has 0 aliphatic carbocycles. The van der Waals surface area contributed by atoms with Gasteiger partial charge in [0.2, 0.25) is 5.91 Å². The second-order valence-corrected chi connectivity index (χ2v) is 5.20. The van der Waals surface area contributed by atoms with Crippen LogP contribution in [0.25, 0.3) is 11.2 Å². The number of fused-ring (bicyclic) bond motifs is 1. The van der Waals surface area contributed by atoms with Crippen LogP contribution in [0.1, 0.15) is 32.4 Å². The number of hydrogen-bond donors (Lipinski definition) is 1. The molecular formula is C14H20N4OS. The van der Waals surface area contributed by atoms with Gasteiger partial charge in [-0.15, -0.1) is 0 Å². The summed E-state index contributed by atoms with van der Waals surface area (Å²) in [5, 5.41) is 0. The van der Waals surface area contributed by atoms with Crippen molar-refractivity contribution in [1.29, 1.82) is 0 Å². The number of carbonyl (C=O) groups is 1. The Balaban J connectivity index is 2.53. The van der Waals surface area contributed by atoms with Gasteiger partial charge in [0.25, 0.3) is 0 Å². The first kappa shape index (κ1) is 14.7. The van der Waals surface area contributed by atoms with Crippen LogP contribution in [-0.2, 0) is 4.79 Å². The highest BCUT2D eigenvalue weighted by Crippen LogP contribution is 2.21. The topological polar surface area (TPSA) is 53.9 Å². The fourth-order valence-corrected chi connectivity index (χ4v) is 2.76. The number of H-pyrrole nitrogens is 1. The van der Waals surface area contributed by atoms with E-state index in [1.54, 1.807) is 15.7 Å². The van der Waals surface area contributed by atoms with E-state index in [1.807, 2.05) is 33.8 Å². The van der Waals surface area contributed by atoms with Gasteiger partial charge in [0.05, 0.1) is 5.52 Å². The van der Waals surface area contributed by atoms with Crippen molar-refractivity contribution in [2.45, 2.75) is 33.7 Å². The molecule has 1 unspecified atom stereocenters. The van der Waals surface area contributed by atoms with Gasteiger partial charge in [-0.2, -0.15) is 0 Å². The average molecular weight is 292 g/mol. The van der Waals surface area contributed by atoms with Crippen molar-refractivity contribution in [3.05, 3.63) is 22.6 Å². The summed E-state index contributed by atoms with van der Waals surface area (Å²) in [7, 11) is 0. The number of imidazole rings is 1. The lowest BCUT2D eigenvalue weighted by Crippen LogP contribution is -2.36. The molecule has 0 aliphatic heterocycles. The number of nitrogens with zero attached hydrogens (tertiary/aromatic N) is 3. The maximum Gasteiger partial charge on any atom is 0.245 e. The van der Waals surface area contributed by atoms with E-state index in [0.29, 0.717) is 17.9 Å². The predicted molar refractivity (Wildman–Crippen MR) is 82.3 cm³/mol. The van der Waals surface area contributed by atoms with Gasteiger partial charge in [-0.05, 0) is 51.5 Å². The van der Waals surface area contributed by atoms with E-state index < -0.39 is 0 Å².